The molecular formula is C24H30N2O2S. The van der Waals surface area contributed by atoms with Crippen LogP contribution in [0.2, 0.25) is 0 Å². The van der Waals surface area contributed by atoms with Crippen LogP contribution >= 0.6 is 11.8 Å². The Bertz CT molecular complexity index is 856. The largest absolute Gasteiger partial charge is 0.349 e. The maximum absolute atomic E-state index is 13.2. The van der Waals surface area contributed by atoms with E-state index in [4.69, 9.17) is 0 Å². The first-order valence-electron chi connectivity index (χ1n) is 11.0. The van der Waals surface area contributed by atoms with Gasteiger partial charge in [-0.3, -0.25) is 9.59 Å². The van der Waals surface area contributed by atoms with E-state index in [1.807, 2.05) is 18.2 Å². The van der Waals surface area contributed by atoms with Gasteiger partial charge >= 0.3 is 0 Å². The molecule has 1 aromatic heterocycles. The van der Waals surface area contributed by atoms with Crippen molar-refractivity contribution in [3.05, 3.63) is 36.5 Å². The van der Waals surface area contributed by atoms with E-state index in [1.165, 1.54) is 18.2 Å². The van der Waals surface area contributed by atoms with Crippen LogP contribution in [0.1, 0.15) is 52.4 Å². The number of carbonyl (C=O) groups excluding carboxylic acids is 2. The smallest absolute Gasteiger partial charge is 0.243 e. The first kappa shape index (κ1) is 19.3. The van der Waals surface area contributed by atoms with Crippen LogP contribution in [-0.2, 0) is 9.59 Å². The summed E-state index contributed by atoms with van der Waals surface area (Å²) in [4.78, 5) is 29.4. The van der Waals surface area contributed by atoms with Gasteiger partial charge < -0.3 is 5.32 Å². The maximum atomic E-state index is 13.2. The second-order valence-corrected chi connectivity index (χ2v) is 11.0. The fourth-order valence-corrected chi connectivity index (χ4v) is 8.30. The zero-order chi connectivity index (χ0) is 20.2. The molecule has 1 aliphatic heterocycles. The molecule has 1 aromatic rings. The van der Waals surface area contributed by atoms with Crippen molar-refractivity contribution in [2.45, 2.75) is 63.4 Å². The Labute approximate surface area is 177 Å². The van der Waals surface area contributed by atoms with Crippen LogP contribution in [0.4, 0.5) is 0 Å². The molecule has 1 amide bonds. The number of rotatable bonds is 2. The normalized spacial score (nSPS) is 43.1. The molecule has 7 atom stereocenters. The average molecular weight is 411 g/mol. The van der Waals surface area contributed by atoms with Crippen molar-refractivity contribution in [3.8, 4) is 0 Å². The summed E-state index contributed by atoms with van der Waals surface area (Å²) in [5.41, 5.74) is 0.161. The fourth-order valence-electron chi connectivity index (χ4n) is 7.30. The zero-order valence-electron chi connectivity index (χ0n) is 17.3. The molecule has 0 radical (unpaired) electrons. The SMILES string of the molecule is C[C@]12C=CC(=O)NC1CCC1C2CC[C@@]2(C)C1CC[C@@H]2C(=O)Sc1ccccn1. The second-order valence-electron chi connectivity index (χ2n) is 9.98. The van der Waals surface area contributed by atoms with Crippen molar-refractivity contribution in [2.75, 3.05) is 0 Å². The van der Waals surface area contributed by atoms with Gasteiger partial charge in [0.15, 0.2) is 5.12 Å². The van der Waals surface area contributed by atoms with Crippen LogP contribution in [0, 0.1) is 34.5 Å². The van der Waals surface area contributed by atoms with E-state index in [1.54, 1.807) is 12.3 Å². The van der Waals surface area contributed by atoms with Gasteiger partial charge in [-0.05, 0) is 91.7 Å². The summed E-state index contributed by atoms with van der Waals surface area (Å²) in [6.07, 6.45) is 12.4. The molecule has 0 spiro atoms. The monoisotopic (exact) mass is 410 g/mol. The molecule has 154 valence electrons. The van der Waals surface area contributed by atoms with Gasteiger partial charge in [-0.2, -0.15) is 0 Å². The van der Waals surface area contributed by atoms with Gasteiger partial charge in [-0.1, -0.05) is 26.0 Å². The molecule has 2 heterocycles. The summed E-state index contributed by atoms with van der Waals surface area (Å²) in [5, 5.41) is 4.34. The molecule has 0 bridgehead atoms. The van der Waals surface area contributed by atoms with Gasteiger partial charge in [0.2, 0.25) is 5.91 Å². The highest BCUT2D eigenvalue weighted by molar-refractivity contribution is 8.13. The van der Waals surface area contributed by atoms with Crippen molar-refractivity contribution < 1.29 is 9.59 Å². The van der Waals surface area contributed by atoms with Crippen LogP contribution in [0.5, 0.6) is 0 Å². The lowest BCUT2D eigenvalue weighted by Gasteiger charge is -2.58. The summed E-state index contributed by atoms with van der Waals surface area (Å²) < 4.78 is 0. The Hall–Kier alpha value is -1.62. The number of nitrogens with zero attached hydrogens (tertiary/aromatic N) is 1. The van der Waals surface area contributed by atoms with Gasteiger partial charge in [-0.15, -0.1) is 0 Å². The quantitative estimate of drug-likeness (QED) is 0.723. The third kappa shape index (κ3) is 2.99. The van der Waals surface area contributed by atoms with Crippen LogP contribution in [0.15, 0.2) is 41.6 Å². The molecule has 29 heavy (non-hydrogen) atoms. The second kappa shape index (κ2) is 6.97. The molecule has 3 saturated carbocycles. The van der Waals surface area contributed by atoms with Crippen molar-refractivity contribution >= 4 is 22.8 Å². The molecule has 0 saturated heterocycles. The summed E-state index contributed by atoms with van der Waals surface area (Å²) in [6, 6.07) is 6.04. The molecule has 3 aliphatic carbocycles. The highest BCUT2D eigenvalue weighted by Gasteiger charge is 2.60. The summed E-state index contributed by atoms with van der Waals surface area (Å²) in [5.74, 6) is 2.07. The minimum Gasteiger partial charge on any atom is -0.349 e. The molecule has 3 fully saturated rings. The number of hydrogen-bond acceptors (Lipinski definition) is 4. The van der Waals surface area contributed by atoms with Crippen molar-refractivity contribution in [2.24, 2.45) is 34.5 Å². The van der Waals surface area contributed by atoms with Gasteiger partial charge in [-0.25, -0.2) is 4.98 Å². The lowest BCUT2D eigenvalue weighted by atomic mass is 9.48. The van der Waals surface area contributed by atoms with E-state index in [9.17, 15) is 9.59 Å². The van der Waals surface area contributed by atoms with Crippen LogP contribution < -0.4 is 5.32 Å². The van der Waals surface area contributed by atoms with E-state index < -0.39 is 0 Å². The number of fused-ring (bicyclic) bond motifs is 5. The van der Waals surface area contributed by atoms with Crippen LogP contribution in [-0.4, -0.2) is 22.0 Å². The third-order valence-electron chi connectivity index (χ3n) is 8.81. The van der Waals surface area contributed by atoms with E-state index in [0.29, 0.717) is 22.9 Å². The maximum Gasteiger partial charge on any atom is 0.243 e. The van der Waals surface area contributed by atoms with Crippen molar-refractivity contribution in [3.63, 3.8) is 0 Å². The summed E-state index contributed by atoms with van der Waals surface area (Å²) in [7, 11) is 0. The summed E-state index contributed by atoms with van der Waals surface area (Å²) in [6.45, 7) is 4.73. The lowest BCUT2D eigenvalue weighted by molar-refractivity contribution is -0.126. The number of hydrogen-bond donors (Lipinski definition) is 1. The molecule has 4 aliphatic rings. The van der Waals surface area contributed by atoms with Gasteiger partial charge in [0, 0.05) is 23.6 Å². The fraction of sp³-hybridized carbons (Fsp3) is 0.625. The van der Waals surface area contributed by atoms with Crippen molar-refractivity contribution in [1.29, 1.82) is 0 Å². The number of pyridine rings is 1. The van der Waals surface area contributed by atoms with Gasteiger partial charge in [0.25, 0.3) is 0 Å². The number of thioether (sulfide) groups is 1. The van der Waals surface area contributed by atoms with E-state index in [2.05, 4.69) is 30.2 Å². The van der Waals surface area contributed by atoms with E-state index >= 15 is 0 Å². The first-order chi connectivity index (χ1) is 13.9. The predicted octanol–water partition coefficient (Wildman–Crippen LogP) is 4.61. The molecule has 0 aromatic carbocycles. The number of carbonyl (C=O) groups is 2. The predicted molar refractivity (Wildman–Crippen MR) is 114 cm³/mol. The number of nitrogens with one attached hydrogen (secondary N) is 1. The van der Waals surface area contributed by atoms with Gasteiger partial charge in [0.05, 0.1) is 0 Å². The molecule has 4 nitrogen and oxygen atoms in total. The Kier molecular flexibility index (Phi) is 4.65. The molecule has 5 rings (SSSR count). The van der Waals surface area contributed by atoms with Gasteiger partial charge in [0.1, 0.15) is 5.03 Å². The van der Waals surface area contributed by atoms with E-state index in [-0.39, 0.29) is 28.7 Å². The minimum atomic E-state index is 0.0585. The Balaban J connectivity index is 1.38. The average Bonchev–Trinajstić information content (AvgIpc) is 3.06. The Morgan fingerprint density at radius 2 is 2.00 bits per heavy atom. The highest BCUT2D eigenvalue weighted by atomic mass is 32.2. The first-order valence-corrected chi connectivity index (χ1v) is 11.9. The molecular weight excluding hydrogens is 380 g/mol. The molecule has 4 unspecified atom stereocenters. The zero-order valence-corrected chi connectivity index (χ0v) is 18.1. The van der Waals surface area contributed by atoms with Crippen molar-refractivity contribution in [1.82, 2.24) is 10.3 Å². The number of aromatic nitrogens is 1. The Morgan fingerprint density at radius 3 is 2.79 bits per heavy atom. The minimum absolute atomic E-state index is 0.0585. The Morgan fingerprint density at radius 1 is 1.14 bits per heavy atom. The van der Waals surface area contributed by atoms with Crippen LogP contribution in [0.25, 0.3) is 0 Å². The topological polar surface area (TPSA) is 59.1 Å². The van der Waals surface area contributed by atoms with Crippen LogP contribution in [0.3, 0.4) is 0 Å². The number of amides is 1. The highest BCUT2D eigenvalue weighted by Crippen LogP contribution is 2.65. The third-order valence-corrected chi connectivity index (χ3v) is 9.75. The lowest BCUT2D eigenvalue weighted by Crippen LogP contribution is -2.59. The summed E-state index contributed by atoms with van der Waals surface area (Å²) >= 11 is 1.33. The van der Waals surface area contributed by atoms with E-state index in [0.717, 1.165) is 37.1 Å². The molecule has 5 heteroatoms. The molecule has 1 N–H and O–H groups in total. The standard InChI is InChI=1S/C24H30N2O2S/c1-23-12-10-17-15(6-9-19-24(17,2)13-11-20(27)26-19)16(23)7-8-18(23)22(28)29-21-5-3-4-14-25-21/h3-5,11,13-19H,6-10,12H2,1-2H3,(H,26,27)/t15?,16?,17?,18-,19?,23+,24-/m1/s1.